The second kappa shape index (κ2) is 8.61. The average molecular weight is 386 g/mol. The molecule has 1 aliphatic rings. The average Bonchev–Trinajstić information content (AvgIpc) is 2.78. The van der Waals surface area contributed by atoms with Gasteiger partial charge in [-0.2, -0.15) is 0 Å². The molecule has 0 radical (unpaired) electrons. The molecule has 0 saturated heterocycles. The Morgan fingerprint density at radius 2 is 1.52 bits per heavy atom. The zero-order valence-electron chi connectivity index (χ0n) is 15.9. The van der Waals surface area contributed by atoms with Crippen molar-refractivity contribution in [3.8, 4) is 5.75 Å². The number of benzene rings is 3. The molecule has 1 heterocycles. The normalized spacial score (nSPS) is 15.0. The number of anilines is 1. The summed E-state index contributed by atoms with van der Waals surface area (Å²) in [5.41, 5.74) is 2.97. The molecule has 1 atom stereocenters. The van der Waals surface area contributed by atoms with Crippen LogP contribution in [0, 0.1) is 5.92 Å². The van der Waals surface area contributed by atoms with Crippen LogP contribution in [0.15, 0.2) is 78.9 Å². The number of amides is 2. The number of hydrogen-bond donors (Lipinski definition) is 2. The van der Waals surface area contributed by atoms with Crippen LogP contribution in [0.5, 0.6) is 5.75 Å². The van der Waals surface area contributed by atoms with Gasteiger partial charge in [-0.05, 0) is 54.4 Å². The second-order valence-electron chi connectivity index (χ2n) is 7.10. The summed E-state index contributed by atoms with van der Waals surface area (Å²) < 4.78 is 5.77. The van der Waals surface area contributed by atoms with Gasteiger partial charge in [0, 0.05) is 29.3 Å². The minimum atomic E-state index is -0.180. The Morgan fingerprint density at radius 1 is 0.828 bits per heavy atom. The van der Waals surface area contributed by atoms with E-state index in [9.17, 15) is 9.59 Å². The van der Waals surface area contributed by atoms with Gasteiger partial charge in [0.15, 0.2) is 0 Å². The molecule has 0 spiro atoms. The zero-order valence-corrected chi connectivity index (χ0v) is 15.9. The predicted octanol–water partition coefficient (Wildman–Crippen LogP) is 3.92. The lowest BCUT2D eigenvalue weighted by Gasteiger charge is -2.25. The summed E-state index contributed by atoms with van der Waals surface area (Å²) in [6.07, 6.45) is 0.890. The van der Waals surface area contributed by atoms with Crippen LogP contribution < -0.4 is 15.4 Å². The van der Waals surface area contributed by atoms with Gasteiger partial charge < -0.3 is 15.4 Å². The lowest BCUT2D eigenvalue weighted by Crippen LogP contribution is -2.34. The summed E-state index contributed by atoms with van der Waals surface area (Å²) in [4.78, 5) is 24.6. The molecule has 2 amide bonds. The van der Waals surface area contributed by atoms with Gasteiger partial charge in [0.05, 0.1) is 6.61 Å². The molecular weight excluding hydrogens is 364 g/mol. The first-order chi connectivity index (χ1) is 14.2. The Kier molecular flexibility index (Phi) is 5.56. The van der Waals surface area contributed by atoms with Crippen molar-refractivity contribution < 1.29 is 14.3 Å². The van der Waals surface area contributed by atoms with Crippen LogP contribution in [0.1, 0.15) is 26.3 Å². The number of carbonyl (C=O) groups excluding carboxylic acids is 2. The lowest BCUT2D eigenvalue weighted by atomic mass is 9.96. The quantitative estimate of drug-likeness (QED) is 0.698. The number of ether oxygens (including phenoxy) is 1. The predicted molar refractivity (Wildman–Crippen MR) is 112 cm³/mol. The summed E-state index contributed by atoms with van der Waals surface area (Å²) in [5, 5.41) is 5.81. The highest BCUT2D eigenvalue weighted by atomic mass is 16.5. The molecule has 5 nitrogen and oxygen atoms in total. The van der Waals surface area contributed by atoms with Crippen molar-refractivity contribution in [1.29, 1.82) is 0 Å². The molecule has 0 saturated carbocycles. The fourth-order valence-corrected chi connectivity index (χ4v) is 3.36. The largest absolute Gasteiger partial charge is 0.493 e. The van der Waals surface area contributed by atoms with Gasteiger partial charge in [0.2, 0.25) is 0 Å². The Labute approximate surface area is 169 Å². The smallest absolute Gasteiger partial charge is 0.255 e. The van der Waals surface area contributed by atoms with Gasteiger partial charge in [-0.3, -0.25) is 9.59 Å². The molecule has 4 rings (SSSR count). The Hall–Kier alpha value is -3.60. The molecule has 1 aliphatic heterocycles. The van der Waals surface area contributed by atoms with E-state index < -0.39 is 0 Å². The first-order valence-electron chi connectivity index (χ1n) is 9.64. The molecule has 2 N–H and O–H groups in total. The lowest BCUT2D eigenvalue weighted by molar-refractivity contribution is 0.0938. The van der Waals surface area contributed by atoms with Crippen molar-refractivity contribution in [3.05, 3.63) is 95.6 Å². The van der Waals surface area contributed by atoms with Gasteiger partial charge in [0.25, 0.3) is 11.8 Å². The van der Waals surface area contributed by atoms with Crippen LogP contribution in [-0.2, 0) is 6.42 Å². The third kappa shape index (κ3) is 4.63. The SMILES string of the molecule is O=C(NCC1COc2ccccc2C1)c1ccc(NC(=O)c2ccccc2)cc1. The first-order valence-corrected chi connectivity index (χ1v) is 9.64. The van der Waals surface area contributed by atoms with E-state index in [0.717, 1.165) is 12.2 Å². The first kappa shape index (κ1) is 18.7. The zero-order chi connectivity index (χ0) is 20.1. The van der Waals surface area contributed by atoms with Crippen LogP contribution in [0.2, 0.25) is 0 Å². The monoisotopic (exact) mass is 386 g/mol. The van der Waals surface area contributed by atoms with Crippen LogP contribution in [0.4, 0.5) is 5.69 Å². The van der Waals surface area contributed by atoms with Crippen molar-refractivity contribution in [2.75, 3.05) is 18.5 Å². The fraction of sp³-hybridized carbons (Fsp3) is 0.167. The van der Waals surface area contributed by atoms with E-state index in [1.165, 1.54) is 5.56 Å². The molecule has 146 valence electrons. The van der Waals surface area contributed by atoms with Gasteiger partial charge in [0.1, 0.15) is 5.75 Å². The second-order valence-corrected chi connectivity index (χ2v) is 7.10. The Balaban J connectivity index is 1.30. The van der Waals surface area contributed by atoms with Gasteiger partial charge in [-0.1, -0.05) is 36.4 Å². The molecule has 3 aromatic rings. The summed E-state index contributed by atoms with van der Waals surface area (Å²) in [5.74, 6) is 0.867. The number of carbonyl (C=O) groups is 2. The third-order valence-corrected chi connectivity index (χ3v) is 4.95. The van der Waals surface area contributed by atoms with Crippen molar-refractivity contribution in [1.82, 2.24) is 5.32 Å². The molecule has 1 unspecified atom stereocenters. The molecule has 3 aromatic carbocycles. The van der Waals surface area contributed by atoms with E-state index in [-0.39, 0.29) is 17.7 Å². The number of hydrogen-bond acceptors (Lipinski definition) is 3. The maximum Gasteiger partial charge on any atom is 0.255 e. The van der Waals surface area contributed by atoms with E-state index in [1.54, 1.807) is 36.4 Å². The number of fused-ring (bicyclic) bond motifs is 1. The Bertz CT molecular complexity index is 1000. The topological polar surface area (TPSA) is 67.4 Å². The molecule has 5 heteroatoms. The van der Waals surface area contributed by atoms with Crippen molar-refractivity contribution in [2.24, 2.45) is 5.92 Å². The van der Waals surface area contributed by atoms with Crippen LogP contribution in [0.25, 0.3) is 0 Å². The minimum absolute atomic E-state index is 0.134. The summed E-state index contributed by atoms with van der Waals surface area (Å²) in [7, 11) is 0. The maximum absolute atomic E-state index is 12.4. The summed E-state index contributed by atoms with van der Waals surface area (Å²) in [6.45, 7) is 1.15. The minimum Gasteiger partial charge on any atom is -0.493 e. The molecule has 0 aliphatic carbocycles. The summed E-state index contributed by atoms with van der Waals surface area (Å²) >= 11 is 0. The molecule has 0 fully saturated rings. The Morgan fingerprint density at radius 3 is 2.31 bits per heavy atom. The van der Waals surface area contributed by atoms with Gasteiger partial charge in [-0.25, -0.2) is 0 Å². The molecule has 0 aromatic heterocycles. The highest BCUT2D eigenvalue weighted by Crippen LogP contribution is 2.26. The van der Waals surface area contributed by atoms with Crippen LogP contribution in [-0.4, -0.2) is 25.0 Å². The highest BCUT2D eigenvalue weighted by molar-refractivity contribution is 6.04. The number of para-hydroxylation sites is 1. The van der Waals surface area contributed by atoms with E-state index in [4.69, 9.17) is 4.74 Å². The standard InChI is InChI=1S/C24H22N2O3/c27-23(25-15-17-14-20-8-4-5-9-22(20)29-16-17)19-10-12-21(13-11-19)26-24(28)18-6-2-1-3-7-18/h1-13,17H,14-16H2,(H,25,27)(H,26,28). The van der Waals surface area contributed by atoms with E-state index in [2.05, 4.69) is 16.7 Å². The van der Waals surface area contributed by atoms with E-state index >= 15 is 0 Å². The molecule has 0 bridgehead atoms. The van der Waals surface area contributed by atoms with Crippen molar-refractivity contribution in [3.63, 3.8) is 0 Å². The third-order valence-electron chi connectivity index (χ3n) is 4.95. The summed E-state index contributed by atoms with van der Waals surface area (Å²) in [6, 6.07) is 23.9. The number of rotatable bonds is 5. The number of nitrogens with one attached hydrogen (secondary N) is 2. The van der Waals surface area contributed by atoms with Crippen molar-refractivity contribution in [2.45, 2.75) is 6.42 Å². The van der Waals surface area contributed by atoms with Crippen LogP contribution >= 0.6 is 0 Å². The van der Waals surface area contributed by atoms with Gasteiger partial charge in [-0.15, -0.1) is 0 Å². The fourth-order valence-electron chi connectivity index (χ4n) is 3.36. The molecule has 29 heavy (non-hydrogen) atoms. The van der Waals surface area contributed by atoms with Crippen LogP contribution in [0.3, 0.4) is 0 Å². The van der Waals surface area contributed by atoms with Gasteiger partial charge >= 0.3 is 0 Å². The molecular formula is C24H22N2O3. The highest BCUT2D eigenvalue weighted by Gasteiger charge is 2.20. The van der Waals surface area contributed by atoms with E-state index in [1.807, 2.05) is 36.4 Å². The van der Waals surface area contributed by atoms with Crippen molar-refractivity contribution >= 4 is 17.5 Å². The maximum atomic E-state index is 12.4. The van der Waals surface area contributed by atoms with E-state index in [0.29, 0.717) is 30.0 Å².